The van der Waals surface area contributed by atoms with Gasteiger partial charge in [-0.3, -0.25) is 9.59 Å². The molecule has 1 fully saturated rings. The molecule has 20 heavy (non-hydrogen) atoms. The SMILES string of the molecule is Cc1ccc(NC(=O)CCOC2CCOCC2)c(=O)[nH]1. The van der Waals surface area contributed by atoms with Crippen molar-refractivity contribution < 1.29 is 14.3 Å². The van der Waals surface area contributed by atoms with Gasteiger partial charge in [-0.05, 0) is 31.9 Å². The molecule has 1 aromatic heterocycles. The molecule has 0 aromatic carbocycles. The van der Waals surface area contributed by atoms with E-state index in [1.54, 1.807) is 19.1 Å². The van der Waals surface area contributed by atoms with Crippen LogP contribution >= 0.6 is 0 Å². The second-order valence-corrected chi connectivity index (χ2v) is 4.86. The van der Waals surface area contributed by atoms with E-state index in [1.165, 1.54) is 0 Å². The van der Waals surface area contributed by atoms with Crippen molar-refractivity contribution in [1.82, 2.24) is 4.98 Å². The molecular weight excluding hydrogens is 260 g/mol. The van der Waals surface area contributed by atoms with Crippen LogP contribution in [0.5, 0.6) is 0 Å². The second kappa shape index (κ2) is 7.21. The summed E-state index contributed by atoms with van der Waals surface area (Å²) in [6.45, 7) is 3.58. The van der Waals surface area contributed by atoms with Crippen LogP contribution in [-0.2, 0) is 14.3 Å². The molecule has 0 unspecified atom stereocenters. The Morgan fingerprint density at radius 1 is 1.45 bits per heavy atom. The Morgan fingerprint density at radius 3 is 2.90 bits per heavy atom. The maximum absolute atomic E-state index is 11.7. The molecule has 0 spiro atoms. The maximum atomic E-state index is 11.7. The van der Waals surface area contributed by atoms with Gasteiger partial charge in [-0.25, -0.2) is 0 Å². The van der Waals surface area contributed by atoms with E-state index in [-0.39, 0.29) is 29.7 Å². The van der Waals surface area contributed by atoms with E-state index in [2.05, 4.69) is 10.3 Å². The Morgan fingerprint density at radius 2 is 2.20 bits per heavy atom. The van der Waals surface area contributed by atoms with Crippen LogP contribution in [0.25, 0.3) is 0 Å². The predicted octanol–water partition coefficient (Wildman–Crippen LogP) is 1.21. The van der Waals surface area contributed by atoms with Crippen LogP contribution in [0.1, 0.15) is 25.0 Å². The predicted molar refractivity (Wildman–Crippen MR) is 74.8 cm³/mol. The number of carbonyl (C=O) groups excluding carboxylic acids is 1. The number of aryl methyl sites for hydroxylation is 1. The lowest BCUT2D eigenvalue weighted by Crippen LogP contribution is -2.26. The summed E-state index contributed by atoms with van der Waals surface area (Å²) in [4.78, 5) is 25.9. The van der Waals surface area contributed by atoms with Gasteiger partial charge in [-0.1, -0.05) is 0 Å². The van der Waals surface area contributed by atoms with Crippen molar-refractivity contribution in [3.05, 3.63) is 28.2 Å². The van der Waals surface area contributed by atoms with E-state index in [9.17, 15) is 9.59 Å². The molecular formula is C14H20N2O4. The summed E-state index contributed by atoms with van der Waals surface area (Å²) >= 11 is 0. The second-order valence-electron chi connectivity index (χ2n) is 4.86. The highest BCUT2D eigenvalue weighted by Crippen LogP contribution is 2.10. The Balaban J connectivity index is 1.73. The summed E-state index contributed by atoms with van der Waals surface area (Å²) in [5.74, 6) is -0.216. The molecule has 6 nitrogen and oxygen atoms in total. The van der Waals surface area contributed by atoms with Crippen molar-refractivity contribution in [2.45, 2.75) is 32.3 Å². The molecule has 0 saturated carbocycles. The number of rotatable bonds is 5. The van der Waals surface area contributed by atoms with Gasteiger partial charge in [0.15, 0.2) is 0 Å². The van der Waals surface area contributed by atoms with Crippen molar-refractivity contribution >= 4 is 11.6 Å². The first-order valence-corrected chi connectivity index (χ1v) is 6.84. The van der Waals surface area contributed by atoms with Gasteiger partial charge in [-0.15, -0.1) is 0 Å². The molecule has 0 atom stereocenters. The van der Waals surface area contributed by atoms with Gasteiger partial charge in [0, 0.05) is 18.9 Å². The fourth-order valence-corrected chi connectivity index (χ4v) is 2.04. The topological polar surface area (TPSA) is 80.4 Å². The first kappa shape index (κ1) is 14.7. The molecule has 2 N–H and O–H groups in total. The third-order valence-electron chi connectivity index (χ3n) is 3.18. The molecule has 1 saturated heterocycles. The van der Waals surface area contributed by atoms with E-state index in [4.69, 9.17) is 9.47 Å². The number of aromatic nitrogens is 1. The molecule has 0 bridgehead atoms. The van der Waals surface area contributed by atoms with E-state index < -0.39 is 0 Å². The largest absolute Gasteiger partial charge is 0.381 e. The van der Waals surface area contributed by atoms with E-state index in [0.717, 1.165) is 31.7 Å². The summed E-state index contributed by atoms with van der Waals surface area (Å²) in [7, 11) is 0. The van der Waals surface area contributed by atoms with Gasteiger partial charge >= 0.3 is 0 Å². The summed E-state index contributed by atoms with van der Waals surface area (Å²) in [6, 6.07) is 3.35. The lowest BCUT2D eigenvalue weighted by molar-refractivity contribution is -0.118. The molecule has 2 heterocycles. The van der Waals surface area contributed by atoms with E-state index >= 15 is 0 Å². The van der Waals surface area contributed by atoms with Crippen molar-refractivity contribution in [2.24, 2.45) is 0 Å². The molecule has 1 aliphatic heterocycles. The number of pyridine rings is 1. The van der Waals surface area contributed by atoms with E-state index in [1.807, 2.05) is 0 Å². The molecule has 1 aromatic rings. The molecule has 6 heteroatoms. The standard InChI is InChI=1S/C14H20N2O4/c1-10-2-3-12(14(18)15-10)16-13(17)6-9-20-11-4-7-19-8-5-11/h2-3,11H,4-9H2,1H3,(H,15,18)(H,16,17). The lowest BCUT2D eigenvalue weighted by atomic mass is 10.1. The minimum atomic E-state index is -0.288. The number of carbonyl (C=O) groups is 1. The molecule has 2 rings (SSSR count). The molecule has 0 radical (unpaired) electrons. The summed E-state index contributed by atoms with van der Waals surface area (Å²) in [5.41, 5.74) is 0.742. The smallest absolute Gasteiger partial charge is 0.271 e. The normalized spacial score (nSPS) is 16.1. The number of hydrogen-bond donors (Lipinski definition) is 2. The highest BCUT2D eigenvalue weighted by molar-refractivity contribution is 5.90. The van der Waals surface area contributed by atoms with Gasteiger partial charge in [0.2, 0.25) is 5.91 Å². The summed E-state index contributed by atoms with van der Waals surface area (Å²) < 4.78 is 10.8. The third kappa shape index (κ3) is 4.47. The maximum Gasteiger partial charge on any atom is 0.271 e. The molecule has 110 valence electrons. The summed E-state index contributed by atoms with van der Waals surface area (Å²) in [5, 5.41) is 2.59. The third-order valence-corrected chi connectivity index (χ3v) is 3.18. The van der Waals surface area contributed by atoms with Crippen LogP contribution < -0.4 is 10.9 Å². The fourth-order valence-electron chi connectivity index (χ4n) is 2.04. The molecule has 1 amide bonds. The lowest BCUT2D eigenvalue weighted by Gasteiger charge is -2.22. The van der Waals surface area contributed by atoms with Crippen LogP contribution in [0, 0.1) is 6.92 Å². The number of aromatic amines is 1. The zero-order chi connectivity index (χ0) is 14.4. The van der Waals surface area contributed by atoms with Crippen molar-refractivity contribution in [3.8, 4) is 0 Å². The van der Waals surface area contributed by atoms with Gasteiger partial charge in [-0.2, -0.15) is 0 Å². The molecule has 0 aliphatic carbocycles. The Bertz CT molecular complexity index is 506. The van der Waals surface area contributed by atoms with Crippen molar-refractivity contribution in [1.29, 1.82) is 0 Å². The first-order valence-electron chi connectivity index (χ1n) is 6.84. The Kier molecular flexibility index (Phi) is 5.31. The van der Waals surface area contributed by atoms with Gasteiger partial charge in [0.1, 0.15) is 5.69 Å². The number of nitrogens with one attached hydrogen (secondary N) is 2. The van der Waals surface area contributed by atoms with Crippen LogP contribution in [0.15, 0.2) is 16.9 Å². The van der Waals surface area contributed by atoms with Gasteiger partial charge in [0.25, 0.3) is 5.56 Å². The number of amides is 1. The highest BCUT2D eigenvalue weighted by atomic mass is 16.5. The van der Waals surface area contributed by atoms with Crippen LogP contribution in [0.2, 0.25) is 0 Å². The van der Waals surface area contributed by atoms with E-state index in [0.29, 0.717) is 6.61 Å². The first-order chi connectivity index (χ1) is 9.65. The monoisotopic (exact) mass is 280 g/mol. The van der Waals surface area contributed by atoms with Gasteiger partial charge < -0.3 is 19.8 Å². The zero-order valence-corrected chi connectivity index (χ0v) is 11.6. The van der Waals surface area contributed by atoms with Crippen molar-refractivity contribution in [3.63, 3.8) is 0 Å². The van der Waals surface area contributed by atoms with Crippen LogP contribution in [0.4, 0.5) is 5.69 Å². The number of H-pyrrole nitrogens is 1. The Hall–Kier alpha value is -1.66. The zero-order valence-electron chi connectivity index (χ0n) is 11.6. The van der Waals surface area contributed by atoms with Crippen LogP contribution in [-0.4, -0.2) is 36.8 Å². The minimum Gasteiger partial charge on any atom is -0.381 e. The minimum absolute atomic E-state index is 0.180. The van der Waals surface area contributed by atoms with Crippen LogP contribution in [0.3, 0.4) is 0 Å². The average Bonchev–Trinajstić information content (AvgIpc) is 2.43. The Labute approximate surface area is 117 Å². The quantitative estimate of drug-likeness (QED) is 0.849. The summed E-state index contributed by atoms with van der Waals surface area (Å²) in [6.07, 6.45) is 2.17. The fraction of sp³-hybridized carbons (Fsp3) is 0.571. The highest BCUT2D eigenvalue weighted by Gasteiger charge is 2.14. The number of anilines is 1. The molecule has 1 aliphatic rings. The number of hydrogen-bond acceptors (Lipinski definition) is 4. The number of ether oxygens (including phenoxy) is 2. The van der Waals surface area contributed by atoms with Gasteiger partial charge in [0.05, 0.1) is 19.1 Å². The average molecular weight is 280 g/mol. The van der Waals surface area contributed by atoms with Crippen molar-refractivity contribution in [2.75, 3.05) is 25.1 Å².